The number of piperidine rings is 1. The predicted octanol–water partition coefficient (Wildman–Crippen LogP) is 4.34. The fourth-order valence-corrected chi connectivity index (χ4v) is 4.20. The number of carbonyl (C=O) groups is 1. The molecule has 1 aromatic carbocycles. The third-order valence-electron chi connectivity index (χ3n) is 5.56. The second-order valence-corrected chi connectivity index (χ2v) is 8.37. The Kier molecular flexibility index (Phi) is 6.21. The molecule has 2 unspecified atom stereocenters. The lowest BCUT2D eigenvalue weighted by Gasteiger charge is -2.35. The molecule has 2 aromatic heterocycles. The first-order valence-electron chi connectivity index (χ1n) is 10.5. The molecular weight excluding hydrogens is 393 g/mol. The Balaban J connectivity index is 1.56. The van der Waals surface area contributed by atoms with Gasteiger partial charge in [0.05, 0.1) is 24.5 Å². The van der Waals surface area contributed by atoms with Crippen molar-refractivity contribution in [3.63, 3.8) is 0 Å². The quantitative estimate of drug-likeness (QED) is 0.616. The van der Waals surface area contributed by atoms with Crippen molar-refractivity contribution in [2.24, 2.45) is 11.8 Å². The van der Waals surface area contributed by atoms with Gasteiger partial charge in [-0.1, -0.05) is 19.9 Å². The number of anilines is 2. The van der Waals surface area contributed by atoms with E-state index in [0.717, 1.165) is 24.5 Å². The number of carbonyl (C=O) groups excluding carboxylic acids is 1. The Bertz CT molecular complexity index is 1000. The number of nitrogens with zero attached hydrogens (tertiary/aromatic N) is 5. The molecule has 160 valence electrons. The Labute approximate surface area is 181 Å². The summed E-state index contributed by atoms with van der Waals surface area (Å²) >= 11 is 0. The summed E-state index contributed by atoms with van der Waals surface area (Å²) in [7, 11) is 0. The highest BCUT2D eigenvalue weighted by atomic mass is 19.1. The van der Waals surface area contributed by atoms with Crippen molar-refractivity contribution in [2.45, 2.75) is 26.8 Å². The molecule has 2 atom stereocenters. The van der Waals surface area contributed by atoms with Crippen LogP contribution in [0, 0.1) is 17.7 Å². The van der Waals surface area contributed by atoms with E-state index >= 15 is 0 Å². The molecule has 0 bridgehead atoms. The second kappa shape index (κ2) is 9.20. The minimum Gasteiger partial charge on any atom is -0.356 e. The number of hydrogen-bond acceptors (Lipinski definition) is 5. The van der Waals surface area contributed by atoms with E-state index in [9.17, 15) is 9.18 Å². The van der Waals surface area contributed by atoms with E-state index in [1.54, 1.807) is 23.1 Å². The monoisotopic (exact) mass is 419 g/mol. The van der Waals surface area contributed by atoms with Crippen LogP contribution in [0.2, 0.25) is 0 Å². The van der Waals surface area contributed by atoms with Crippen molar-refractivity contribution in [1.29, 1.82) is 0 Å². The van der Waals surface area contributed by atoms with Crippen molar-refractivity contribution >= 4 is 17.4 Å². The molecule has 31 heavy (non-hydrogen) atoms. The lowest BCUT2D eigenvalue weighted by molar-refractivity contribution is 0.0984. The molecule has 6 nitrogen and oxygen atoms in total. The SMILES string of the molecule is CC1CC(C)CN(c2ccc(CN(C(=O)c3ccnnc3)c3ccc(F)cc3)cn2)C1. The van der Waals surface area contributed by atoms with Crippen molar-refractivity contribution in [3.8, 4) is 0 Å². The topological polar surface area (TPSA) is 62.2 Å². The van der Waals surface area contributed by atoms with E-state index in [0.29, 0.717) is 29.6 Å². The van der Waals surface area contributed by atoms with Gasteiger partial charge in [0, 0.05) is 25.0 Å². The molecule has 1 amide bonds. The van der Waals surface area contributed by atoms with Crippen LogP contribution in [0.4, 0.5) is 15.9 Å². The Morgan fingerprint density at radius 1 is 1.03 bits per heavy atom. The van der Waals surface area contributed by atoms with Gasteiger partial charge >= 0.3 is 0 Å². The summed E-state index contributed by atoms with van der Waals surface area (Å²) in [4.78, 5) is 21.7. The van der Waals surface area contributed by atoms with Gasteiger partial charge in [-0.2, -0.15) is 10.2 Å². The lowest BCUT2D eigenvalue weighted by Crippen LogP contribution is -2.39. The van der Waals surface area contributed by atoms with Crippen LogP contribution in [-0.2, 0) is 6.54 Å². The van der Waals surface area contributed by atoms with Crippen LogP contribution >= 0.6 is 0 Å². The zero-order chi connectivity index (χ0) is 21.8. The normalized spacial score (nSPS) is 18.6. The van der Waals surface area contributed by atoms with E-state index in [1.165, 1.54) is 30.9 Å². The molecular formula is C24H26FN5O. The van der Waals surface area contributed by atoms with Gasteiger partial charge in [0.15, 0.2) is 0 Å². The number of pyridine rings is 1. The molecule has 0 N–H and O–H groups in total. The fourth-order valence-electron chi connectivity index (χ4n) is 4.20. The molecule has 1 saturated heterocycles. The van der Waals surface area contributed by atoms with Crippen molar-refractivity contribution in [3.05, 3.63) is 78.0 Å². The molecule has 0 spiro atoms. The Hall–Kier alpha value is -3.35. The van der Waals surface area contributed by atoms with Gasteiger partial charge in [-0.05, 0) is 60.2 Å². The maximum Gasteiger partial charge on any atom is 0.260 e. The molecule has 7 heteroatoms. The summed E-state index contributed by atoms with van der Waals surface area (Å²) in [6.45, 7) is 6.87. The molecule has 3 aromatic rings. The summed E-state index contributed by atoms with van der Waals surface area (Å²) in [5.41, 5.74) is 1.91. The van der Waals surface area contributed by atoms with Crippen LogP contribution in [0.25, 0.3) is 0 Å². The first-order chi connectivity index (χ1) is 15.0. The number of amides is 1. The Morgan fingerprint density at radius 3 is 2.39 bits per heavy atom. The number of rotatable bonds is 5. The average Bonchev–Trinajstić information content (AvgIpc) is 2.78. The third kappa shape index (κ3) is 5.05. The maximum absolute atomic E-state index is 13.4. The van der Waals surface area contributed by atoms with Crippen LogP contribution < -0.4 is 9.80 Å². The largest absolute Gasteiger partial charge is 0.356 e. The van der Waals surface area contributed by atoms with Gasteiger partial charge in [-0.25, -0.2) is 9.37 Å². The molecule has 0 saturated carbocycles. The summed E-state index contributed by atoms with van der Waals surface area (Å²) in [5.74, 6) is 1.67. The average molecular weight is 420 g/mol. The molecule has 1 aliphatic rings. The molecule has 3 heterocycles. The number of benzene rings is 1. The molecule has 1 aliphatic heterocycles. The first-order valence-corrected chi connectivity index (χ1v) is 10.5. The molecule has 1 fully saturated rings. The lowest BCUT2D eigenvalue weighted by atomic mass is 9.92. The first kappa shape index (κ1) is 20.9. The van der Waals surface area contributed by atoms with Gasteiger partial charge < -0.3 is 9.80 Å². The van der Waals surface area contributed by atoms with Crippen molar-refractivity contribution < 1.29 is 9.18 Å². The van der Waals surface area contributed by atoms with Crippen LogP contribution in [0.15, 0.2) is 61.1 Å². The molecule has 0 aliphatic carbocycles. The zero-order valence-electron chi connectivity index (χ0n) is 17.8. The summed E-state index contributed by atoms with van der Waals surface area (Å²) in [5, 5.41) is 7.54. The van der Waals surface area contributed by atoms with Gasteiger partial charge in [0.1, 0.15) is 11.6 Å². The van der Waals surface area contributed by atoms with Crippen LogP contribution in [0.3, 0.4) is 0 Å². The van der Waals surface area contributed by atoms with Crippen molar-refractivity contribution in [2.75, 3.05) is 22.9 Å². The minimum atomic E-state index is -0.349. The highest BCUT2D eigenvalue weighted by Crippen LogP contribution is 2.26. The third-order valence-corrected chi connectivity index (χ3v) is 5.56. The summed E-state index contributed by atoms with van der Waals surface area (Å²) < 4.78 is 13.4. The van der Waals surface area contributed by atoms with Gasteiger partial charge in [-0.15, -0.1) is 0 Å². The van der Waals surface area contributed by atoms with E-state index in [-0.39, 0.29) is 11.7 Å². The van der Waals surface area contributed by atoms with E-state index in [1.807, 2.05) is 18.3 Å². The van der Waals surface area contributed by atoms with Crippen LogP contribution in [0.5, 0.6) is 0 Å². The van der Waals surface area contributed by atoms with Gasteiger partial charge in [-0.3, -0.25) is 4.79 Å². The highest BCUT2D eigenvalue weighted by Gasteiger charge is 2.23. The van der Waals surface area contributed by atoms with Gasteiger partial charge in [0.25, 0.3) is 5.91 Å². The van der Waals surface area contributed by atoms with Crippen molar-refractivity contribution in [1.82, 2.24) is 15.2 Å². The molecule has 4 rings (SSSR count). The number of aromatic nitrogens is 3. The second-order valence-electron chi connectivity index (χ2n) is 8.37. The zero-order valence-corrected chi connectivity index (χ0v) is 17.8. The summed E-state index contributed by atoms with van der Waals surface area (Å²) in [6, 6.07) is 11.5. The smallest absolute Gasteiger partial charge is 0.260 e. The van der Waals surface area contributed by atoms with Gasteiger partial charge in [0.2, 0.25) is 0 Å². The number of halogens is 1. The predicted molar refractivity (Wildman–Crippen MR) is 118 cm³/mol. The van der Waals surface area contributed by atoms with Crippen LogP contribution in [0.1, 0.15) is 36.2 Å². The minimum absolute atomic E-state index is 0.232. The van der Waals surface area contributed by atoms with E-state index in [2.05, 4.69) is 33.9 Å². The van der Waals surface area contributed by atoms with E-state index in [4.69, 9.17) is 0 Å². The Morgan fingerprint density at radius 2 is 1.77 bits per heavy atom. The highest BCUT2D eigenvalue weighted by molar-refractivity contribution is 6.05. The molecule has 0 radical (unpaired) electrons. The van der Waals surface area contributed by atoms with E-state index < -0.39 is 0 Å². The number of hydrogen-bond donors (Lipinski definition) is 0. The summed E-state index contributed by atoms with van der Waals surface area (Å²) in [6.07, 6.45) is 5.97. The fraction of sp³-hybridized carbons (Fsp3) is 0.333. The van der Waals surface area contributed by atoms with Crippen LogP contribution in [-0.4, -0.2) is 34.2 Å². The standard InChI is InChI=1S/C24H26FN5O/c1-17-11-18(2)15-29(14-17)23-8-3-19(12-26-23)16-30(22-6-4-21(25)5-7-22)24(31)20-9-10-27-28-13-20/h3-10,12-13,17-18H,11,14-16H2,1-2H3. The maximum atomic E-state index is 13.4.